The van der Waals surface area contributed by atoms with Crippen molar-refractivity contribution in [2.75, 3.05) is 13.6 Å². The molecule has 0 spiro atoms. The smallest absolute Gasteiger partial charge is 0.224 e. The average Bonchev–Trinajstić information content (AvgIpc) is 2.81. The van der Waals surface area contributed by atoms with Crippen molar-refractivity contribution < 1.29 is 4.79 Å². The highest BCUT2D eigenvalue weighted by atomic mass is 35.5. The van der Waals surface area contributed by atoms with E-state index in [0.717, 1.165) is 13.0 Å². The minimum atomic E-state index is 0. The third kappa shape index (κ3) is 4.64. The summed E-state index contributed by atoms with van der Waals surface area (Å²) < 4.78 is 0. The summed E-state index contributed by atoms with van der Waals surface area (Å²) in [7, 11) is 2.00. The molecule has 1 saturated carbocycles. The highest BCUT2D eigenvalue weighted by Crippen LogP contribution is 2.36. The van der Waals surface area contributed by atoms with E-state index in [2.05, 4.69) is 19.2 Å². The molecule has 2 rings (SSSR count). The number of nitrogens with one attached hydrogen (secondary N) is 1. The van der Waals surface area contributed by atoms with Gasteiger partial charge in [0, 0.05) is 25.6 Å². The Morgan fingerprint density at radius 1 is 1.26 bits per heavy atom. The summed E-state index contributed by atoms with van der Waals surface area (Å²) in [4.78, 5) is 14.3. The zero-order chi connectivity index (χ0) is 13.2. The van der Waals surface area contributed by atoms with Gasteiger partial charge in [0.05, 0.1) is 0 Å². The van der Waals surface area contributed by atoms with Crippen LogP contribution in [0.15, 0.2) is 0 Å². The number of rotatable bonds is 3. The molecule has 0 aromatic carbocycles. The van der Waals surface area contributed by atoms with Crippen LogP contribution in [0.3, 0.4) is 0 Å². The maximum absolute atomic E-state index is 12.2. The van der Waals surface area contributed by atoms with Gasteiger partial charge in [-0.3, -0.25) is 4.79 Å². The average molecular weight is 289 g/mol. The molecule has 112 valence electrons. The summed E-state index contributed by atoms with van der Waals surface area (Å²) in [5.74, 6) is 0.333. The number of nitrogens with zero attached hydrogens (tertiary/aromatic N) is 1. The fraction of sp³-hybridized carbons (Fsp3) is 0.933. The van der Waals surface area contributed by atoms with Crippen molar-refractivity contribution in [3.8, 4) is 0 Å². The maximum Gasteiger partial charge on any atom is 0.224 e. The topological polar surface area (TPSA) is 32.3 Å². The maximum atomic E-state index is 12.2. The second kappa shape index (κ2) is 6.94. The van der Waals surface area contributed by atoms with Crippen LogP contribution in [0.5, 0.6) is 0 Å². The van der Waals surface area contributed by atoms with E-state index in [0.29, 0.717) is 29.8 Å². The van der Waals surface area contributed by atoms with E-state index in [9.17, 15) is 4.79 Å². The standard InChI is InChI=1S/C15H28N2O.ClH/c1-15(2)8-6-13(7-9-15)17(3)14(18)11-12-5-4-10-16-12;/h12-13,16H,4-11H2,1-3H3;1H. The monoisotopic (exact) mass is 288 g/mol. The van der Waals surface area contributed by atoms with E-state index < -0.39 is 0 Å². The summed E-state index contributed by atoms with van der Waals surface area (Å²) in [6.45, 7) is 5.76. The predicted molar refractivity (Wildman–Crippen MR) is 81.7 cm³/mol. The van der Waals surface area contributed by atoms with E-state index >= 15 is 0 Å². The largest absolute Gasteiger partial charge is 0.343 e. The minimum Gasteiger partial charge on any atom is -0.343 e. The SMILES string of the molecule is CN(C(=O)CC1CCCN1)C1CCC(C)(C)CC1.Cl. The Labute approximate surface area is 123 Å². The van der Waals surface area contributed by atoms with Crippen molar-refractivity contribution in [3.63, 3.8) is 0 Å². The predicted octanol–water partition coefficient (Wildman–Crippen LogP) is 2.98. The third-order valence-corrected chi connectivity index (χ3v) is 4.83. The van der Waals surface area contributed by atoms with Crippen LogP contribution in [0.2, 0.25) is 0 Å². The number of amides is 1. The normalized spacial score (nSPS) is 26.8. The van der Waals surface area contributed by atoms with Gasteiger partial charge in [-0.05, 0) is 50.5 Å². The van der Waals surface area contributed by atoms with Crippen molar-refractivity contribution in [2.24, 2.45) is 5.41 Å². The molecule has 4 heteroatoms. The number of hydrogen-bond acceptors (Lipinski definition) is 2. The Morgan fingerprint density at radius 2 is 1.89 bits per heavy atom. The van der Waals surface area contributed by atoms with E-state index in [4.69, 9.17) is 0 Å². The highest BCUT2D eigenvalue weighted by molar-refractivity contribution is 5.85. The van der Waals surface area contributed by atoms with Crippen molar-refractivity contribution in [1.82, 2.24) is 10.2 Å². The molecule has 19 heavy (non-hydrogen) atoms. The van der Waals surface area contributed by atoms with Gasteiger partial charge < -0.3 is 10.2 Å². The minimum absolute atomic E-state index is 0. The van der Waals surface area contributed by atoms with Crippen molar-refractivity contribution in [2.45, 2.75) is 70.9 Å². The first-order valence-electron chi connectivity index (χ1n) is 7.47. The van der Waals surface area contributed by atoms with Crippen LogP contribution in [0, 0.1) is 5.41 Å². The van der Waals surface area contributed by atoms with Gasteiger partial charge in [-0.15, -0.1) is 12.4 Å². The van der Waals surface area contributed by atoms with E-state index in [1.807, 2.05) is 11.9 Å². The van der Waals surface area contributed by atoms with Gasteiger partial charge in [-0.1, -0.05) is 13.8 Å². The first-order chi connectivity index (χ1) is 8.48. The van der Waals surface area contributed by atoms with Crippen LogP contribution >= 0.6 is 12.4 Å². The molecule has 2 aliphatic rings. The van der Waals surface area contributed by atoms with Crippen LogP contribution in [0.25, 0.3) is 0 Å². The Kier molecular flexibility index (Phi) is 6.13. The molecule has 1 aliphatic carbocycles. The summed E-state index contributed by atoms with van der Waals surface area (Å²) in [6, 6.07) is 0.909. The third-order valence-electron chi connectivity index (χ3n) is 4.83. The lowest BCUT2D eigenvalue weighted by atomic mass is 9.75. The Bertz CT molecular complexity index is 291. The van der Waals surface area contributed by atoms with E-state index in [-0.39, 0.29) is 12.4 Å². The molecule has 1 saturated heterocycles. The Hall–Kier alpha value is -0.280. The molecule has 1 amide bonds. The van der Waals surface area contributed by atoms with Crippen LogP contribution in [0.1, 0.15) is 58.8 Å². The summed E-state index contributed by atoms with van der Waals surface area (Å²) in [5.41, 5.74) is 0.480. The van der Waals surface area contributed by atoms with Gasteiger partial charge in [0.1, 0.15) is 0 Å². The molecule has 0 bridgehead atoms. The Balaban J connectivity index is 0.00000180. The molecule has 0 aromatic heterocycles. The van der Waals surface area contributed by atoms with Gasteiger partial charge in [-0.2, -0.15) is 0 Å². The molecule has 1 N–H and O–H groups in total. The molecule has 2 fully saturated rings. The quantitative estimate of drug-likeness (QED) is 0.866. The van der Waals surface area contributed by atoms with Gasteiger partial charge in [0.25, 0.3) is 0 Å². The second-order valence-electron chi connectivity index (χ2n) is 6.90. The number of halogens is 1. The molecule has 1 atom stereocenters. The van der Waals surface area contributed by atoms with Gasteiger partial charge in [-0.25, -0.2) is 0 Å². The molecule has 0 aromatic rings. The number of hydrogen-bond donors (Lipinski definition) is 1. The molecule has 1 unspecified atom stereocenters. The number of carbonyl (C=O) groups excluding carboxylic acids is 1. The molecule has 1 aliphatic heterocycles. The van der Waals surface area contributed by atoms with E-state index in [1.165, 1.54) is 32.1 Å². The fourth-order valence-electron chi connectivity index (χ4n) is 3.26. The zero-order valence-corrected chi connectivity index (χ0v) is 13.4. The molecular formula is C15H29ClN2O. The van der Waals surface area contributed by atoms with Crippen LogP contribution < -0.4 is 5.32 Å². The lowest BCUT2D eigenvalue weighted by molar-refractivity contribution is -0.133. The summed E-state index contributed by atoms with van der Waals surface area (Å²) in [6.07, 6.45) is 7.92. The first-order valence-corrected chi connectivity index (χ1v) is 7.47. The van der Waals surface area contributed by atoms with Gasteiger partial charge >= 0.3 is 0 Å². The lowest BCUT2D eigenvalue weighted by Gasteiger charge is -2.38. The molecule has 0 radical (unpaired) electrons. The van der Waals surface area contributed by atoms with Crippen LogP contribution in [-0.4, -0.2) is 36.5 Å². The van der Waals surface area contributed by atoms with Crippen LogP contribution in [0.4, 0.5) is 0 Å². The zero-order valence-electron chi connectivity index (χ0n) is 12.6. The van der Waals surface area contributed by atoms with Crippen molar-refractivity contribution >= 4 is 18.3 Å². The molecule has 3 nitrogen and oxygen atoms in total. The van der Waals surface area contributed by atoms with Crippen molar-refractivity contribution in [1.29, 1.82) is 0 Å². The first kappa shape index (κ1) is 16.8. The van der Waals surface area contributed by atoms with Gasteiger partial charge in [0.15, 0.2) is 0 Å². The second-order valence-corrected chi connectivity index (χ2v) is 6.90. The number of carbonyl (C=O) groups is 1. The highest BCUT2D eigenvalue weighted by Gasteiger charge is 2.31. The molecular weight excluding hydrogens is 260 g/mol. The van der Waals surface area contributed by atoms with Crippen molar-refractivity contribution in [3.05, 3.63) is 0 Å². The summed E-state index contributed by atoms with van der Waals surface area (Å²) in [5, 5.41) is 3.41. The fourth-order valence-corrected chi connectivity index (χ4v) is 3.26. The molecule has 1 heterocycles. The van der Waals surface area contributed by atoms with E-state index in [1.54, 1.807) is 0 Å². The van der Waals surface area contributed by atoms with Gasteiger partial charge in [0.2, 0.25) is 5.91 Å². The lowest BCUT2D eigenvalue weighted by Crippen LogP contribution is -2.42. The Morgan fingerprint density at radius 3 is 2.42 bits per heavy atom. The van der Waals surface area contributed by atoms with Crippen LogP contribution in [-0.2, 0) is 4.79 Å². The summed E-state index contributed by atoms with van der Waals surface area (Å²) >= 11 is 0.